The Labute approximate surface area is 138 Å². The molecule has 0 radical (unpaired) electrons. The van der Waals surface area contributed by atoms with E-state index in [0.29, 0.717) is 5.92 Å². The van der Waals surface area contributed by atoms with Crippen LogP contribution in [0.1, 0.15) is 52.9 Å². The summed E-state index contributed by atoms with van der Waals surface area (Å²) in [6.45, 7) is 7.39. The van der Waals surface area contributed by atoms with E-state index in [0.717, 1.165) is 25.0 Å². The Bertz CT molecular complexity index is 660. The minimum Gasteiger partial charge on any atom is -0.351 e. The molecule has 0 N–H and O–H groups in total. The van der Waals surface area contributed by atoms with Gasteiger partial charge in [-0.2, -0.15) is 0 Å². The van der Waals surface area contributed by atoms with E-state index < -0.39 is 0 Å². The second-order valence-corrected chi connectivity index (χ2v) is 8.97. The van der Waals surface area contributed by atoms with Gasteiger partial charge in [-0.1, -0.05) is 27.2 Å². The van der Waals surface area contributed by atoms with Gasteiger partial charge in [0.25, 0.3) is 0 Å². The van der Waals surface area contributed by atoms with E-state index in [-0.39, 0.29) is 34.4 Å². The number of ketones is 1. The van der Waals surface area contributed by atoms with Crippen LogP contribution >= 0.6 is 0 Å². The first-order valence-electron chi connectivity index (χ1n) is 9.20. The van der Waals surface area contributed by atoms with Gasteiger partial charge in [0, 0.05) is 11.0 Å². The fourth-order valence-electron chi connectivity index (χ4n) is 6.45. The highest BCUT2D eigenvalue weighted by atomic mass is 16.7. The van der Waals surface area contributed by atoms with Gasteiger partial charge in [0.15, 0.2) is 12.1 Å². The first-order chi connectivity index (χ1) is 10.9. The van der Waals surface area contributed by atoms with Crippen LogP contribution in [-0.2, 0) is 14.3 Å². The van der Waals surface area contributed by atoms with E-state index in [1.807, 2.05) is 6.08 Å². The SMILES string of the molecule is CC(C)C1=C[C@]23CC[C@H]4[C@]5(C)CCC[C@@]4(C2=CC1=O)[C@@H](OC5)O3. The Morgan fingerprint density at radius 1 is 1.26 bits per heavy atom. The molecule has 3 heteroatoms. The number of allylic oxidation sites excluding steroid dienone is 2. The third-order valence-electron chi connectivity index (χ3n) is 7.44. The van der Waals surface area contributed by atoms with Gasteiger partial charge in [0.05, 0.1) is 6.61 Å². The lowest BCUT2D eigenvalue weighted by Crippen LogP contribution is -2.59. The second kappa shape index (κ2) is 4.18. The molecule has 2 aliphatic heterocycles. The highest BCUT2D eigenvalue weighted by Crippen LogP contribution is 2.72. The van der Waals surface area contributed by atoms with E-state index in [4.69, 9.17) is 9.47 Å². The summed E-state index contributed by atoms with van der Waals surface area (Å²) in [5.41, 5.74) is 2.02. The average Bonchev–Trinajstić information content (AvgIpc) is 2.69. The molecule has 0 aromatic carbocycles. The summed E-state index contributed by atoms with van der Waals surface area (Å²) in [5.74, 6) is 1.04. The Hall–Kier alpha value is -0.930. The van der Waals surface area contributed by atoms with E-state index in [9.17, 15) is 4.79 Å². The molecule has 5 atom stereocenters. The highest BCUT2D eigenvalue weighted by Gasteiger charge is 2.72. The molecule has 124 valence electrons. The number of ether oxygens (including phenoxy) is 2. The minimum absolute atomic E-state index is 0.0435. The largest absolute Gasteiger partial charge is 0.351 e. The van der Waals surface area contributed by atoms with Crippen molar-refractivity contribution in [2.24, 2.45) is 22.7 Å². The maximum atomic E-state index is 12.7. The minimum atomic E-state index is -0.364. The van der Waals surface area contributed by atoms with Crippen molar-refractivity contribution < 1.29 is 14.3 Å². The maximum absolute atomic E-state index is 12.7. The normalized spacial score (nSPS) is 50.5. The van der Waals surface area contributed by atoms with E-state index >= 15 is 0 Å². The van der Waals surface area contributed by atoms with Crippen LogP contribution in [0.2, 0.25) is 0 Å². The molecule has 0 aromatic heterocycles. The lowest BCUT2D eigenvalue weighted by Gasteiger charge is -2.59. The van der Waals surface area contributed by atoms with Gasteiger partial charge in [-0.15, -0.1) is 0 Å². The number of carbonyl (C=O) groups excluding carboxylic acids is 1. The summed E-state index contributed by atoms with van der Waals surface area (Å²) in [5, 5.41) is 0. The van der Waals surface area contributed by atoms with Crippen molar-refractivity contribution in [2.45, 2.75) is 64.8 Å². The first kappa shape index (κ1) is 14.4. The first-order valence-corrected chi connectivity index (χ1v) is 9.20. The van der Waals surface area contributed by atoms with Crippen molar-refractivity contribution in [3.05, 3.63) is 23.3 Å². The van der Waals surface area contributed by atoms with Gasteiger partial charge in [-0.05, 0) is 60.7 Å². The average molecular weight is 314 g/mol. The number of carbonyl (C=O) groups is 1. The molecular formula is C20H26O3. The molecule has 23 heavy (non-hydrogen) atoms. The summed E-state index contributed by atoms with van der Waals surface area (Å²) in [6.07, 6.45) is 9.74. The molecule has 5 rings (SSSR count). The van der Waals surface area contributed by atoms with E-state index in [1.165, 1.54) is 24.8 Å². The van der Waals surface area contributed by atoms with Crippen LogP contribution in [0.15, 0.2) is 23.3 Å². The van der Waals surface area contributed by atoms with Crippen LogP contribution in [0.25, 0.3) is 0 Å². The van der Waals surface area contributed by atoms with Crippen LogP contribution in [-0.4, -0.2) is 24.3 Å². The molecule has 2 heterocycles. The quantitative estimate of drug-likeness (QED) is 0.738. The van der Waals surface area contributed by atoms with Crippen LogP contribution < -0.4 is 0 Å². The molecule has 3 bridgehead atoms. The summed E-state index contributed by atoms with van der Waals surface area (Å²) < 4.78 is 12.8. The smallest absolute Gasteiger partial charge is 0.181 e. The fourth-order valence-corrected chi connectivity index (χ4v) is 6.45. The molecule has 0 unspecified atom stereocenters. The van der Waals surface area contributed by atoms with Crippen molar-refractivity contribution in [2.75, 3.05) is 6.61 Å². The lowest BCUT2D eigenvalue weighted by atomic mass is 9.46. The molecule has 3 nitrogen and oxygen atoms in total. The zero-order chi connectivity index (χ0) is 16.0. The third-order valence-corrected chi connectivity index (χ3v) is 7.44. The molecular weight excluding hydrogens is 288 g/mol. The predicted octanol–water partition coefficient (Wildman–Crippen LogP) is 3.79. The number of hydrogen-bond donors (Lipinski definition) is 0. The number of hydrogen-bond acceptors (Lipinski definition) is 3. The summed E-state index contributed by atoms with van der Waals surface area (Å²) in [6, 6.07) is 0. The second-order valence-electron chi connectivity index (χ2n) is 8.97. The fraction of sp³-hybridized carbons (Fsp3) is 0.750. The van der Waals surface area contributed by atoms with Crippen molar-refractivity contribution >= 4 is 5.78 Å². The topological polar surface area (TPSA) is 35.5 Å². The zero-order valence-electron chi connectivity index (χ0n) is 14.4. The molecule has 4 fully saturated rings. The molecule has 2 saturated carbocycles. The Morgan fingerprint density at radius 2 is 2.09 bits per heavy atom. The molecule has 3 aliphatic carbocycles. The Balaban J connectivity index is 1.71. The van der Waals surface area contributed by atoms with Crippen molar-refractivity contribution in [3.8, 4) is 0 Å². The molecule has 5 aliphatic rings. The lowest BCUT2D eigenvalue weighted by molar-refractivity contribution is -0.260. The molecule has 0 amide bonds. The third kappa shape index (κ3) is 1.52. The van der Waals surface area contributed by atoms with Crippen LogP contribution in [0.4, 0.5) is 0 Å². The van der Waals surface area contributed by atoms with Gasteiger partial charge in [-0.3, -0.25) is 4.79 Å². The van der Waals surface area contributed by atoms with Gasteiger partial charge >= 0.3 is 0 Å². The highest BCUT2D eigenvalue weighted by molar-refractivity contribution is 6.06. The monoisotopic (exact) mass is 314 g/mol. The van der Waals surface area contributed by atoms with Crippen molar-refractivity contribution in [1.82, 2.24) is 0 Å². The maximum Gasteiger partial charge on any atom is 0.181 e. The van der Waals surface area contributed by atoms with E-state index in [2.05, 4.69) is 26.8 Å². The van der Waals surface area contributed by atoms with Gasteiger partial charge in [-0.25, -0.2) is 0 Å². The van der Waals surface area contributed by atoms with Crippen LogP contribution in [0, 0.1) is 22.7 Å². The molecule has 2 saturated heterocycles. The van der Waals surface area contributed by atoms with Crippen molar-refractivity contribution in [1.29, 1.82) is 0 Å². The van der Waals surface area contributed by atoms with Gasteiger partial charge in [0.2, 0.25) is 0 Å². The summed E-state index contributed by atoms with van der Waals surface area (Å²) in [4.78, 5) is 12.7. The van der Waals surface area contributed by atoms with Crippen molar-refractivity contribution in [3.63, 3.8) is 0 Å². The zero-order valence-corrected chi connectivity index (χ0v) is 14.4. The Kier molecular flexibility index (Phi) is 2.62. The standard InChI is InChI=1S/C20H26O3/c1-12(2)13-10-19-8-5-15-18(3)6-4-7-20(15,16(19)9-14(13)21)17(23-19)22-11-18/h9-10,12,15,17H,4-8,11H2,1-3H3/t15-,17-,18+,19+,20+/m0/s1. The van der Waals surface area contributed by atoms with Gasteiger partial charge < -0.3 is 9.47 Å². The summed E-state index contributed by atoms with van der Waals surface area (Å²) in [7, 11) is 0. The van der Waals surface area contributed by atoms with Crippen LogP contribution in [0.3, 0.4) is 0 Å². The summed E-state index contributed by atoms with van der Waals surface area (Å²) >= 11 is 0. The number of rotatable bonds is 1. The van der Waals surface area contributed by atoms with E-state index in [1.54, 1.807) is 0 Å². The molecule has 1 spiro atoms. The molecule has 0 aromatic rings. The van der Waals surface area contributed by atoms with Crippen LogP contribution in [0.5, 0.6) is 0 Å². The Morgan fingerprint density at radius 3 is 2.87 bits per heavy atom. The predicted molar refractivity (Wildman–Crippen MR) is 86.7 cm³/mol. The van der Waals surface area contributed by atoms with Gasteiger partial charge in [0.1, 0.15) is 5.60 Å².